The van der Waals surface area contributed by atoms with Gasteiger partial charge in [0.1, 0.15) is 25.5 Å². The van der Waals surface area contributed by atoms with Gasteiger partial charge in [-0.25, -0.2) is 9.13 Å². The van der Waals surface area contributed by atoms with Crippen molar-refractivity contribution in [1.82, 2.24) is 4.57 Å². The van der Waals surface area contributed by atoms with Crippen LogP contribution in [0.2, 0.25) is 0 Å². The Balaban J connectivity index is 3.39. The van der Waals surface area contributed by atoms with Crippen molar-refractivity contribution in [2.24, 2.45) is 0 Å². The number of aryl methyl sites for hydroxylation is 1. The minimum atomic E-state index is -7.03. The van der Waals surface area contributed by atoms with E-state index in [2.05, 4.69) is 6.58 Å². The number of ether oxygens (including phenoxy) is 1. The second kappa shape index (κ2) is 9.58. The lowest BCUT2D eigenvalue weighted by molar-refractivity contribution is -0.696. The largest absolute Gasteiger partial charge is 0.561 e. The van der Waals surface area contributed by atoms with Crippen molar-refractivity contribution >= 4 is 25.9 Å². The summed E-state index contributed by atoms with van der Waals surface area (Å²) in [4.78, 5) is 0. The number of alkyl halides is 6. The van der Waals surface area contributed by atoms with Crippen LogP contribution in [0.25, 0.3) is 0 Å². The zero-order valence-corrected chi connectivity index (χ0v) is 18.1. The number of nitrogens with zero attached hydrogens (tertiary/aromatic N) is 3. The summed E-state index contributed by atoms with van der Waals surface area (Å²) in [7, 11) is -14.1. The third-order valence-electron chi connectivity index (χ3n) is 3.66. The van der Waals surface area contributed by atoms with E-state index < -0.39 is 52.5 Å². The predicted molar refractivity (Wildman–Crippen MR) is 95.5 cm³/mol. The fourth-order valence-corrected chi connectivity index (χ4v) is 4.93. The van der Waals surface area contributed by atoms with E-state index in [4.69, 9.17) is 4.74 Å². The number of sulfonamides is 2. The molecule has 0 radical (unpaired) electrons. The molecule has 0 aliphatic carbocycles. The molecule has 0 unspecified atom stereocenters. The average Bonchev–Trinajstić information content (AvgIpc) is 3.04. The fourth-order valence-electron chi connectivity index (χ4n) is 2.16. The van der Waals surface area contributed by atoms with Gasteiger partial charge in [-0.05, 0) is 13.3 Å². The molecule has 1 aromatic heterocycles. The van der Waals surface area contributed by atoms with Crippen molar-refractivity contribution in [3.05, 3.63) is 30.9 Å². The van der Waals surface area contributed by atoms with Crippen LogP contribution in [0.3, 0.4) is 0 Å². The highest BCUT2D eigenvalue weighted by molar-refractivity contribution is 7.98. The molecule has 1 rings (SSSR count). The van der Waals surface area contributed by atoms with E-state index in [1.807, 2.05) is 6.92 Å². The summed E-state index contributed by atoms with van der Waals surface area (Å²) >= 11 is 0. The molecule has 16 heteroatoms. The van der Waals surface area contributed by atoms with Crippen molar-refractivity contribution < 1.29 is 55.9 Å². The number of imidazole rings is 1. The molecule has 0 saturated heterocycles. The highest BCUT2D eigenvalue weighted by Gasteiger charge is 2.68. The van der Waals surface area contributed by atoms with Gasteiger partial charge in [0.05, 0.1) is 15.5 Å². The van der Waals surface area contributed by atoms with Crippen molar-refractivity contribution in [2.45, 2.75) is 50.8 Å². The van der Waals surface area contributed by atoms with Crippen LogP contribution in [0.5, 0.6) is 0 Å². The summed E-state index contributed by atoms with van der Waals surface area (Å²) in [5, 5.41) is 0. The first-order valence-electron chi connectivity index (χ1n) is 8.60. The number of hydrogen-bond donors (Lipinski definition) is 0. The Morgan fingerprint density at radius 2 is 1.61 bits per heavy atom. The maximum atomic E-state index is 13.0. The van der Waals surface area contributed by atoms with Crippen LogP contribution in [0.15, 0.2) is 30.9 Å². The summed E-state index contributed by atoms with van der Waals surface area (Å²) in [5.41, 5.74) is -13.5. The molecule has 178 valence electrons. The Hall–Kier alpha value is -2.10. The summed E-state index contributed by atoms with van der Waals surface area (Å²) < 4.78 is 131. The molecule has 0 aliphatic heterocycles. The molecule has 1 heterocycles. The van der Waals surface area contributed by atoms with E-state index in [0.29, 0.717) is 6.54 Å². The fraction of sp³-hybridized carbons (Fsp3) is 0.600. The molecule has 0 atom stereocenters. The van der Waals surface area contributed by atoms with Gasteiger partial charge in [0, 0.05) is 0 Å². The van der Waals surface area contributed by atoms with Crippen LogP contribution in [0.1, 0.15) is 26.7 Å². The first-order valence-corrected chi connectivity index (χ1v) is 11.5. The van der Waals surface area contributed by atoms with Crippen molar-refractivity contribution in [3.63, 3.8) is 0 Å². The van der Waals surface area contributed by atoms with E-state index in [9.17, 15) is 43.2 Å². The zero-order valence-electron chi connectivity index (χ0n) is 16.4. The molecule has 0 bridgehead atoms. The van der Waals surface area contributed by atoms with Crippen LogP contribution in [0.4, 0.5) is 26.3 Å². The topological polar surface area (TPSA) is 89.3 Å². The monoisotopic (exact) mass is 501 g/mol. The molecule has 0 saturated carbocycles. The Labute approximate surface area is 175 Å². The Morgan fingerprint density at radius 1 is 1.10 bits per heavy atom. The van der Waals surface area contributed by atoms with Gasteiger partial charge < -0.3 is 4.74 Å². The van der Waals surface area contributed by atoms with Crippen molar-refractivity contribution in [3.8, 4) is 0 Å². The number of hydrogen-bond acceptors (Lipinski definition) is 5. The van der Waals surface area contributed by atoms with E-state index >= 15 is 0 Å². The second-order valence-corrected chi connectivity index (χ2v) is 10.1. The summed E-state index contributed by atoms with van der Waals surface area (Å²) in [6.45, 7) is 5.69. The standard InChI is InChI=1S/C15H21F6N3O5S2/c1-4-5-6-22-7-8-23(11-22)9-10-29-13(12(2)3)24(30(25,26)14(16,17)18)31(27,28)15(19,20)21/h7-8,11H,2,4-6,9-10H2,1,3H3/q+2. The van der Waals surface area contributed by atoms with E-state index in [0.717, 1.165) is 19.8 Å². The van der Waals surface area contributed by atoms with Gasteiger partial charge in [-0.1, -0.05) is 19.9 Å². The first-order chi connectivity index (χ1) is 14.0. The molecule has 0 spiro atoms. The number of unbranched alkanes of at least 4 members (excludes halogenated alkanes) is 1. The summed E-state index contributed by atoms with van der Waals surface area (Å²) in [5.74, 6) is -1.71. The average molecular weight is 501 g/mol. The highest BCUT2D eigenvalue weighted by Crippen LogP contribution is 2.33. The molecule has 8 nitrogen and oxygen atoms in total. The van der Waals surface area contributed by atoms with E-state index in [1.165, 1.54) is 10.8 Å². The minimum Gasteiger partial charge on any atom is -0.438 e. The lowest BCUT2D eigenvalue weighted by Gasteiger charge is -2.12. The van der Waals surface area contributed by atoms with Gasteiger partial charge in [-0.2, -0.15) is 43.2 Å². The van der Waals surface area contributed by atoms with Crippen LogP contribution in [-0.4, -0.2) is 48.3 Å². The molecule has 31 heavy (non-hydrogen) atoms. The third-order valence-corrected chi connectivity index (χ3v) is 7.21. The molecule has 0 aliphatic rings. The zero-order chi connectivity index (χ0) is 24.3. The highest BCUT2D eigenvalue weighted by atomic mass is 32.3. The van der Waals surface area contributed by atoms with E-state index in [-0.39, 0.29) is 6.54 Å². The summed E-state index contributed by atoms with van der Waals surface area (Å²) in [6.07, 6.45) is 6.55. The predicted octanol–water partition coefficient (Wildman–Crippen LogP) is 2.28. The molecule has 1 aromatic rings. The quantitative estimate of drug-likeness (QED) is 0.224. The summed E-state index contributed by atoms with van der Waals surface area (Å²) in [6, 6.07) is 0. The van der Waals surface area contributed by atoms with Gasteiger partial charge in [-0.15, -0.1) is 0 Å². The second-order valence-electron chi connectivity index (χ2n) is 6.28. The molecular weight excluding hydrogens is 480 g/mol. The van der Waals surface area contributed by atoms with Gasteiger partial charge in [0.25, 0.3) is 0 Å². The normalized spacial score (nSPS) is 13.2. The van der Waals surface area contributed by atoms with Gasteiger partial charge >= 0.3 is 37.0 Å². The van der Waals surface area contributed by atoms with Gasteiger partial charge in [0.2, 0.25) is 6.33 Å². The Bertz CT molecular complexity index is 994. The lowest BCUT2D eigenvalue weighted by Crippen LogP contribution is -2.47. The van der Waals surface area contributed by atoms with Gasteiger partial charge in [0.15, 0.2) is 0 Å². The minimum absolute atomic E-state index is 0.137. The maximum Gasteiger partial charge on any atom is 0.561 e. The Morgan fingerprint density at radius 3 is 2.03 bits per heavy atom. The van der Waals surface area contributed by atoms with Crippen LogP contribution < -0.4 is 4.57 Å². The van der Waals surface area contributed by atoms with Crippen LogP contribution in [-0.2, 0) is 37.9 Å². The SMILES string of the molecule is C=C(C)C(OCCn1cc[n+](CCCC)c1)=[N+](S(=O)(=O)C(F)(F)F)S(=O)(=O)C(F)(F)F. The smallest absolute Gasteiger partial charge is 0.438 e. The maximum absolute atomic E-state index is 13.0. The number of halogens is 6. The lowest BCUT2D eigenvalue weighted by atomic mass is 10.3. The molecular formula is C15H21F6N3O5S2+2. The molecule has 0 fully saturated rings. The Kier molecular flexibility index (Phi) is 8.33. The van der Waals surface area contributed by atoms with Crippen molar-refractivity contribution in [1.29, 1.82) is 0 Å². The molecule has 0 aromatic carbocycles. The van der Waals surface area contributed by atoms with Crippen LogP contribution >= 0.6 is 0 Å². The van der Waals surface area contributed by atoms with Crippen LogP contribution in [0, 0.1) is 0 Å². The van der Waals surface area contributed by atoms with Gasteiger partial charge in [-0.3, -0.25) is 0 Å². The molecule has 0 amide bonds. The molecule has 0 N–H and O–H groups in total. The van der Waals surface area contributed by atoms with E-state index in [1.54, 1.807) is 17.1 Å². The number of aromatic nitrogens is 2. The number of rotatable bonds is 9. The van der Waals surface area contributed by atoms with Crippen molar-refractivity contribution in [2.75, 3.05) is 6.61 Å². The first kappa shape index (κ1) is 26.9. The third kappa shape index (κ3) is 6.21.